The summed E-state index contributed by atoms with van der Waals surface area (Å²) in [4.78, 5) is 12.1. The Kier molecular flexibility index (Phi) is 3.48. The highest BCUT2D eigenvalue weighted by molar-refractivity contribution is 5.95. The highest BCUT2D eigenvalue weighted by Crippen LogP contribution is 2.26. The lowest BCUT2D eigenvalue weighted by atomic mass is 10.0. The fourth-order valence-corrected chi connectivity index (χ4v) is 2.42. The van der Waals surface area contributed by atoms with Gasteiger partial charge in [-0.25, -0.2) is 0 Å². The summed E-state index contributed by atoms with van der Waals surface area (Å²) in [7, 11) is 0. The molecule has 3 aromatic rings. The minimum Gasteiger partial charge on any atom is -0.464 e. The van der Waals surface area contributed by atoms with Gasteiger partial charge < -0.3 is 9.73 Å². The molecule has 106 valence electrons. The third kappa shape index (κ3) is 2.68. The van der Waals surface area contributed by atoms with E-state index in [2.05, 4.69) is 18.3 Å². The zero-order valence-electron chi connectivity index (χ0n) is 12.1. The van der Waals surface area contributed by atoms with Gasteiger partial charge in [0.05, 0.1) is 12.7 Å². The lowest BCUT2D eigenvalue weighted by molar-refractivity contribution is -0.115. The number of rotatable bonds is 3. The molecular weight excluding hydrogens is 262 g/mol. The van der Waals surface area contributed by atoms with E-state index in [4.69, 9.17) is 4.42 Å². The summed E-state index contributed by atoms with van der Waals surface area (Å²) in [6, 6.07) is 13.5. The topological polar surface area (TPSA) is 42.2 Å². The van der Waals surface area contributed by atoms with E-state index in [0.717, 1.165) is 27.8 Å². The molecule has 2 aromatic carbocycles. The Hall–Kier alpha value is -2.55. The van der Waals surface area contributed by atoms with E-state index in [1.807, 2.05) is 43.3 Å². The number of carbonyl (C=O) groups excluding carboxylic acids is 1. The predicted octanol–water partition coefficient (Wildman–Crippen LogP) is 4.23. The van der Waals surface area contributed by atoms with Gasteiger partial charge in [-0.3, -0.25) is 4.79 Å². The van der Waals surface area contributed by atoms with Crippen LogP contribution in [0.15, 0.2) is 53.1 Å². The van der Waals surface area contributed by atoms with Crippen LogP contribution in [0, 0.1) is 13.8 Å². The molecule has 0 bridgehead atoms. The van der Waals surface area contributed by atoms with Crippen LogP contribution in [0.2, 0.25) is 0 Å². The Balaban J connectivity index is 1.82. The van der Waals surface area contributed by atoms with E-state index in [-0.39, 0.29) is 5.91 Å². The molecular formula is C18H17NO2. The van der Waals surface area contributed by atoms with E-state index < -0.39 is 0 Å². The average molecular weight is 279 g/mol. The van der Waals surface area contributed by atoms with Gasteiger partial charge >= 0.3 is 0 Å². The second-order valence-electron chi connectivity index (χ2n) is 5.24. The molecule has 0 aliphatic rings. The normalized spacial score (nSPS) is 10.8. The van der Waals surface area contributed by atoms with Crippen molar-refractivity contribution < 1.29 is 9.21 Å². The number of hydrogen-bond acceptors (Lipinski definition) is 2. The van der Waals surface area contributed by atoms with Crippen LogP contribution in [0.5, 0.6) is 0 Å². The molecule has 1 heterocycles. The van der Waals surface area contributed by atoms with Gasteiger partial charge in [0, 0.05) is 16.6 Å². The van der Waals surface area contributed by atoms with E-state index in [1.54, 1.807) is 6.26 Å². The van der Waals surface area contributed by atoms with Crippen LogP contribution in [0.25, 0.3) is 11.0 Å². The van der Waals surface area contributed by atoms with Crippen LogP contribution < -0.4 is 5.32 Å². The molecule has 1 aromatic heterocycles. The molecule has 0 saturated heterocycles. The van der Waals surface area contributed by atoms with Gasteiger partial charge in [-0.1, -0.05) is 30.3 Å². The third-order valence-corrected chi connectivity index (χ3v) is 3.75. The van der Waals surface area contributed by atoms with Crippen molar-refractivity contribution in [3.8, 4) is 0 Å². The zero-order chi connectivity index (χ0) is 14.8. The molecule has 3 nitrogen and oxygen atoms in total. The molecule has 0 radical (unpaired) electrons. The van der Waals surface area contributed by atoms with Gasteiger partial charge in [0.15, 0.2) is 0 Å². The first kappa shape index (κ1) is 13.4. The summed E-state index contributed by atoms with van der Waals surface area (Å²) < 4.78 is 5.63. The van der Waals surface area contributed by atoms with Gasteiger partial charge in [0.25, 0.3) is 0 Å². The molecule has 0 saturated carbocycles. The van der Waals surface area contributed by atoms with Crippen molar-refractivity contribution in [3.63, 3.8) is 0 Å². The molecule has 3 rings (SSSR count). The van der Waals surface area contributed by atoms with E-state index >= 15 is 0 Å². The maximum absolute atomic E-state index is 12.1. The van der Waals surface area contributed by atoms with Gasteiger partial charge in [0.1, 0.15) is 5.58 Å². The summed E-state index contributed by atoms with van der Waals surface area (Å²) in [6.07, 6.45) is 1.99. The van der Waals surface area contributed by atoms with Crippen LogP contribution in [0.1, 0.15) is 16.7 Å². The molecule has 1 N–H and O–H groups in total. The second-order valence-corrected chi connectivity index (χ2v) is 5.24. The number of anilines is 1. The highest BCUT2D eigenvalue weighted by atomic mass is 16.3. The summed E-state index contributed by atoms with van der Waals surface area (Å²) in [5, 5.41) is 3.91. The van der Waals surface area contributed by atoms with Crippen molar-refractivity contribution in [3.05, 3.63) is 65.4 Å². The number of nitrogens with one attached hydrogen (secondary N) is 1. The Morgan fingerprint density at radius 2 is 1.86 bits per heavy atom. The summed E-state index contributed by atoms with van der Waals surface area (Å²) in [5.41, 5.74) is 4.92. The number of carbonyl (C=O) groups is 1. The summed E-state index contributed by atoms with van der Waals surface area (Å²) in [6.45, 7) is 4.09. The Bertz CT molecular complexity index is 788. The standard InChI is InChI=1S/C18H17NO2/c1-12-8-9-16-14(11-21-18(16)13(12)2)10-17(20)19-15-6-4-3-5-7-15/h3-9,11H,10H2,1-2H3,(H,19,20). The first-order chi connectivity index (χ1) is 10.1. The molecule has 0 aliphatic heterocycles. The van der Waals surface area contributed by atoms with Crippen molar-refractivity contribution in [2.45, 2.75) is 20.3 Å². The lowest BCUT2D eigenvalue weighted by Crippen LogP contribution is -2.13. The number of para-hydroxylation sites is 1. The molecule has 0 atom stereocenters. The smallest absolute Gasteiger partial charge is 0.228 e. The minimum atomic E-state index is -0.0397. The van der Waals surface area contributed by atoms with Crippen LogP contribution in [-0.4, -0.2) is 5.91 Å². The summed E-state index contributed by atoms with van der Waals surface area (Å²) in [5.74, 6) is -0.0397. The fraction of sp³-hybridized carbons (Fsp3) is 0.167. The number of benzene rings is 2. The van der Waals surface area contributed by atoms with E-state index in [9.17, 15) is 4.79 Å². The highest BCUT2D eigenvalue weighted by Gasteiger charge is 2.12. The lowest BCUT2D eigenvalue weighted by Gasteiger charge is -2.04. The fourth-order valence-electron chi connectivity index (χ4n) is 2.42. The van der Waals surface area contributed by atoms with Crippen molar-refractivity contribution in [2.75, 3.05) is 5.32 Å². The molecule has 0 spiro atoms. The predicted molar refractivity (Wildman–Crippen MR) is 84.5 cm³/mol. The van der Waals surface area contributed by atoms with Gasteiger partial charge in [0.2, 0.25) is 5.91 Å². The van der Waals surface area contributed by atoms with Crippen LogP contribution >= 0.6 is 0 Å². The Labute approximate surface area is 123 Å². The minimum absolute atomic E-state index is 0.0397. The van der Waals surface area contributed by atoms with E-state index in [0.29, 0.717) is 6.42 Å². The molecule has 1 amide bonds. The molecule has 0 aliphatic carbocycles. The SMILES string of the molecule is Cc1ccc2c(CC(=O)Nc3ccccc3)coc2c1C. The quantitative estimate of drug-likeness (QED) is 0.779. The number of aryl methyl sites for hydroxylation is 2. The monoisotopic (exact) mass is 279 g/mol. The first-order valence-corrected chi connectivity index (χ1v) is 6.96. The van der Waals surface area contributed by atoms with Gasteiger partial charge in [-0.2, -0.15) is 0 Å². The second kappa shape index (κ2) is 5.44. The molecule has 21 heavy (non-hydrogen) atoms. The Morgan fingerprint density at radius 3 is 2.62 bits per heavy atom. The van der Waals surface area contributed by atoms with Crippen molar-refractivity contribution in [1.29, 1.82) is 0 Å². The van der Waals surface area contributed by atoms with Crippen LogP contribution in [-0.2, 0) is 11.2 Å². The van der Waals surface area contributed by atoms with Crippen LogP contribution in [0.4, 0.5) is 5.69 Å². The molecule has 3 heteroatoms. The van der Waals surface area contributed by atoms with Crippen LogP contribution in [0.3, 0.4) is 0 Å². The maximum Gasteiger partial charge on any atom is 0.228 e. The van der Waals surface area contributed by atoms with Gasteiger partial charge in [-0.05, 0) is 37.1 Å². The average Bonchev–Trinajstić information content (AvgIpc) is 2.87. The molecule has 0 unspecified atom stereocenters. The molecule has 0 fully saturated rings. The number of hydrogen-bond donors (Lipinski definition) is 1. The number of furan rings is 1. The first-order valence-electron chi connectivity index (χ1n) is 6.96. The van der Waals surface area contributed by atoms with Crippen molar-refractivity contribution in [1.82, 2.24) is 0 Å². The van der Waals surface area contributed by atoms with Crippen molar-refractivity contribution in [2.24, 2.45) is 0 Å². The third-order valence-electron chi connectivity index (χ3n) is 3.75. The largest absolute Gasteiger partial charge is 0.464 e. The van der Waals surface area contributed by atoms with E-state index in [1.165, 1.54) is 5.56 Å². The van der Waals surface area contributed by atoms with Gasteiger partial charge in [-0.15, -0.1) is 0 Å². The number of fused-ring (bicyclic) bond motifs is 1. The zero-order valence-corrected chi connectivity index (χ0v) is 12.1. The summed E-state index contributed by atoms with van der Waals surface area (Å²) >= 11 is 0. The Morgan fingerprint density at radius 1 is 1.10 bits per heavy atom. The van der Waals surface area contributed by atoms with Crippen molar-refractivity contribution >= 4 is 22.6 Å². The number of amides is 1. The maximum atomic E-state index is 12.1.